The molecule has 25 heavy (non-hydrogen) atoms. The fourth-order valence-corrected chi connectivity index (χ4v) is 4.44. The zero-order valence-corrected chi connectivity index (χ0v) is 17.4. The van der Waals surface area contributed by atoms with Crippen molar-refractivity contribution in [3.05, 3.63) is 0 Å². The summed E-state index contributed by atoms with van der Waals surface area (Å²) in [5.74, 6) is 1.82. The third-order valence-electron chi connectivity index (χ3n) is 5.99. The lowest BCUT2D eigenvalue weighted by Crippen LogP contribution is -2.40. The van der Waals surface area contributed by atoms with Gasteiger partial charge in [-0.1, -0.05) is 39.5 Å². The predicted molar refractivity (Wildman–Crippen MR) is 111 cm³/mol. The van der Waals surface area contributed by atoms with Gasteiger partial charge in [-0.3, -0.25) is 0 Å². The summed E-state index contributed by atoms with van der Waals surface area (Å²) in [6.45, 7) is 11.3. The number of hydrogen-bond acceptors (Lipinski definition) is 4. The standard InChI is InChI=1S/C11H24N2.C10H22N2/c1-3-11-7-10(2)8-13(9-11)6-4-5-12;1-12(9-5-8-11)10-6-3-2-4-7-10/h10-11H,3-9,12H2,1-2H3;10H,2-9,11H2,1H3. The molecule has 1 saturated carbocycles. The highest BCUT2D eigenvalue weighted by Crippen LogP contribution is 2.23. The summed E-state index contributed by atoms with van der Waals surface area (Å²) in [4.78, 5) is 5.08. The minimum Gasteiger partial charge on any atom is -0.330 e. The zero-order valence-electron chi connectivity index (χ0n) is 17.4. The molecule has 0 spiro atoms. The van der Waals surface area contributed by atoms with Gasteiger partial charge in [-0.15, -0.1) is 0 Å². The molecule has 1 aliphatic carbocycles. The molecule has 4 nitrogen and oxygen atoms in total. The molecule has 4 heteroatoms. The Morgan fingerprint density at radius 3 is 2.28 bits per heavy atom. The molecular weight excluding hydrogens is 308 g/mol. The lowest BCUT2D eigenvalue weighted by molar-refractivity contribution is 0.129. The van der Waals surface area contributed by atoms with Gasteiger partial charge in [0.15, 0.2) is 0 Å². The van der Waals surface area contributed by atoms with E-state index >= 15 is 0 Å². The second-order valence-electron chi connectivity index (χ2n) is 8.43. The minimum atomic E-state index is 0.830. The van der Waals surface area contributed by atoms with E-state index < -0.39 is 0 Å². The monoisotopic (exact) mass is 354 g/mol. The van der Waals surface area contributed by atoms with Crippen molar-refractivity contribution in [1.29, 1.82) is 0 Å². The van der Waals surface area contributed by atoms with Crippen LogP contribution in [0.5, 0.6) is 0 Å². The van der Waals surface area contributed by atoms with E-state index in [1.165, 1.54) is 71.1 Å². The van der Waals surface area contributed by atoms with Gasteiger partial charge in [0, 0.05) is 19.1 Å². The average molecular weight is 355 g/mol. The molecule has 2 rings (SSSR count). The number of rotatable bonds is 8. The average Bonchev–Trinajstić information content (AvgIpc) is 2.65. The van der Waals surface area contributed by atoms with E-state index in [-0.39, 0.29) is 0 Å². The largest absolute Gasteiger partial charge is 0.330 e. The quantitative estimate of drug-likeness (QED) is 0.702. The third kappa shape index (κ3) is 9.93. The van der Waals surface area contributed by atoms with Crippen molar-refractivity contribution in [3.63, 3.8) is 0 Å². The van der Waals surface area contributed by atoms with E-state index in [0.29, 0.717) is 0 Å². The first-order chi connectivity index (χ1) is 12.1. The first-order valence-corrected chi connectivity index (χ1v) is 10.9. The molecule has 2 atom stereocenters. The molecule has 0 bridgehead atoms. The van der Waals surface area contributed by atoms with Crippen LogP contribution in [0.15, 0.2) is 0 Å². The maximum Gasteiger partial charge on any atom is 0.00922 e. The minimum absolute atomic E-state index is 0.830. The van der Waals surface area contributed by atoms with E-state index in [9.17, 15) is 0 Å². The van der Waals surface area contributed by atoms with Gasteiger partial charge in [0.05, 0.1) is 0 Å². The Bertz CT molecular complexity index is 304. The summed E-state index contributed by atoms with van der Waals surface area (Å²) in [7, 11) is 2.24. The van der Waals surface area contributed by atoms with Gasteiger partial charge in [0.2, 0.25) is 0 Å². The molecule has 0 aromatic heterocycles. The van der Waals surface area contributed by atoms with Crippen LogP contribution >= 0.6 is 0 Å². The van der Waals surface area contributed by atoms with Crippen LogP contribution in [0.25, 0.3) is 0 Å². The van der Waals surface area contributed by atoms with Crippen molar-refractivity contribution >= 4 is 0 Å². The van der Waals surface area contributed by atoms with E-state index in [0.717, 1.165) is 43.8 Å². The van der Waals surface area contributed by atoms with Gasteiger partial charge in [-0.25, -0.2) is 0 Å². The van der Waals surface area contributed by atoms with Gasteiger partial charge in [0.1, 0.15) is 0 Å². The molecule has 2 aliphatic rings. The molecule has 4 N–H and O–H groups in total. The van der Waals surface area contributed by atoms with Crippen LogP contribution in [0.4, 0.5) is 0 Å². The normalized spacial score (nSPS) is 25.7. The number of nitrogens with zero attached hydrogens (tertiary/aromatic N) is 2. The van der Waals surface area contributed by atoms with E-state index in [1.54, 1.807) is 0 Å². The highest BCUT2D eigenvalue weighted by Gasteiger charge is 2.22. The van der Waals surface area contributed by atoms with Crippen molar-refractivity contribution in [2.75, 3.05) is 46.3 Å². The molecule has 2 fully saturated rings. The molecule has 0 aromatic carbocycles. The van der Waals surface area contributed by atoms with Crippen LogP contribution < -0.4 is 11.5 Å². The van der Waals surface area contributed by atoms with Crippen LogP contribution in [-0.2, 0) is 0 Å². The van der Waals surface area contributed by atoms with Crippen LogP contribution in [0.3, 0.4) is 0 Å². The summed E-state index contributed by atoms with van der Waals surface area (Å²) in [6, 6.07) is 0.852. The van der Waals surface area contributed by atoms with E-state index in [2.05, 4.69) is 30.7 Å². The van der Waals surface area contributed by atoms with Gasteiger partial charge in [-0.2, -0.15) is 0 Å². The number of nitrogens with two attached hydrogens (primary N) is 2. The van der Waals surface area contributed by atoms with E-state index in [1.807, 2.05) is 0 Å². The maximum atomic E-state index is 5.52. The first kappa shape index (κ1) is 22.9. The zero-order chi connectivity index (χ0) is 18.5. The van der Waals surface area contributed by atoms with Gasteiger partial charge < -0.3 is 21.3 Å². The smallest absolute Gasteiger partial charge is 0.00922 e. The molecule has 1 heterocycles. The molecule has 2 unspecified atom stereocenters. The fraction of sp³-hybridized carbons (Fsp3) is 1.00. The molecular formula is C21H46N4. The van der Waals surface area contributed by atoms with Crippen LogP contribution in [0.2, 0.25) is 0 Å². The Morgan fingerprint density at radius 1 is 1.00 bits per heavy atom. The SMILES string of the molecule is CCC1CC(C)CN(CCCN)C1.CN(CCCN)C1CCCCC1. The van der Waals surface area contributed by atoms with E-state index in [4.69, 9.17) is 11.5 Å². The molecule has 0 radical (unpaired) electrons. The number of likely N-dealkylation sites (tertiary alicyclic amines) is 1. The Labute approximate surface area is 157 Å². The fourth-order valence-electron chi connectivity index (χ4n) is 4.44. The Morgan fingerprint density at radius 2 is 1.68 bits per heavy atom. The molecule has 1 saturated heterocycles. The molecule has 0 aromatic rings. The summed E-state index contributed by atoms with van der Waals surface area (Å²) < 4.78 is 0. The number of piperidine rings is 1. The summed E-state index contributed by atoms with van der Waals surface area (Å²) >= 11 is 0. The van der Waals surface area contributed by atoms with Crippen molar-refractivity contribution in [3.8, 4) is 0 Å². The highest BCUT2D eigenvalue weighted by molar-refractivity contribution is 4.76. The van der Waals surface area contributed by atoms with Crippen molar-refractivity contribution in [2.45, 2.75) is 77.7 Å². The lowest BCUT2D eigenvalue weighted by Gasteiger charge is -2.36. The topological polar surface area (TPSA) is 58.5 Å². The summed E-state index contributed by atoms with van der Waals surface area (Å²) in [5, 5.41) is 0. The maximum absolute atomic E-state index is 5.52. The van der Waals surface area contributed by atoms with Crippen molar-refractivity contribution in [2.24, 2.45) is 23.3 Å². The van der Waals surface area contributed by atoms with Gasteiger partial charge in [0.25, 0.3) is 0 Å². The lowest BCUT2D eigenvalue weighted by atomic mass is 9.89. The Balaban J connectivity index is 0.000000251. The summed E-state index contributed by atoms with van der Waals surface area (Å²) in [6.07, 6.45) is 12.2. The number of hydrogen-bond donors (Lipinski definition) is 2. The summed E-state index contributed by atoms with van der Waals surface area (Å²) in [5.41, 5.74) is 11.0. The van der Waals surface area contributed by atoms with Crippen LogP contribution in [-0.4, -0.2) is 62.2 Å². The first-order valence-electron chi connectivity index (χ1n) is 10.9. The predicted octanol–water partition coefficient (Wildman–Crippen LogP) is 3.30. The Kier molecular flexibility index (Phi) is 12.8. The molecule has 150 valence electrons. The van der Waals surface area contributed by atoms with Gasteiger partial charge in [-0.05, 0) is 77.2 Å². The highest BCUT2D eigenvalue weighted by atomic mass is 15.1. The van der Waals surface area contributed by atoms with Crippen LogP contribution in [0, 0.1) is 11.8 Å². The second-order valence-corrected chi connectivity index (χ2v) is 8.43. The third-order valence-corrected chi connectivity index (χ3v) is 5.99. The second kappa shape index (κ2) is 14.0. The Hall–Kier alpha value is -0.160. The van der Waals surface area contributed by atoms with Crippen LogP contribution in [0.1, 0.15) is 71.6 Å². The van der Waals surface area contributed by atoms with Crippen molar-refractivity contribution < 1.29 is 0 Å². The van der Waals surface area contributed by atoms with Gasteiger partial charge >= 0.3 is 0 Å². The molecule has 1 aliphatic heterocycles. The van der Waals surface area contributed by atoms with Crippen molar-refractivity contribution in [1.82, 2.24) is 9.80 Å². The molecule has 0 amide bonds.